The Bertz CT molecular complexity index is 295. The summed E-state index contributed by atoms with van der Waals surface area (Å²) in [7, 11) is 0. The van der Waals surface area contributed by atoms with Crippen molar-refractivity contribution in [2.24, 2.45) is 0 Å². The highest BCUT2D eigenvalue weighted by Gasteiger charge is 2.55. The van der Waals surface area contributed by atoms with Crippen molar-refractivity contribution >= 4 is 6.29 Å². The molecule has 0 bridgehead atoms. The molecule has 1 saturated heterocycles. The summed E-state index contributed by atoms with van der Waals surface area (Å²) >= 11 is 0. The van der Waals surface area contributed by atoms with Gasteiger partial charge in [0.15, 0.2) is 0 Å². The van der Waals surface area contributed by atoms with Gasteiger partial charge in [-0.05, 0) is 39.3 Å². The normalized spacial score (nSPS) is 46.9. The first-order valence-corrected chi connectivity index (χ1v) is 4.97. The van der Waals surface area contributed by atoms with Crippen LogP contribution in [0.4, 0.5) is 0 Å². The number of allylic oxidation sites excluding steroid dienone is 1. The van der Waals surface area contributed by atoms with Gasteiger partial charge in [0, 0.05) is 0 Å². The van der Waals surface area contributed by atoms with Gasteiger partial charge in [-0.2, -0.15) is 0 Å². The quantitative estimate of drug-likeness (QED) is 0.516. The van der Waals surface area contributed by atoms with Crippen LogP contribution in [0, 0.1) is 0 Å². The molecule has 1 fully saturated rings. The van der Waals surface area contributed by atoms with Crippen LogP contribution >= 0.6 is 0 Å². The summed E-state index contributed by atoms with van der Waals surface area (Å²) in [6.07, 6.45) is 0.713. The molecule has 4 atom stereocenters. The number of aliphatic hydroxyl groups excluding tert-OH is 1. The van der Waals surface area contributed by atoms with Crippen molar-refractivity contribution in [1.29, 1.82) is 0 Å². The van der Waals surface area contributed by atoms with E-state index in [0.717, 1.165) is 0 Å². The van der Waals surface area contributed by atoms with E-state index in [1.807, 2.05) is 0 Å². The zero-order chi connectivity index (χ0) is 11.9. The van der Waals surface area contributed by atoms with E-state index < -0.39 is 23.4 Å². The molecular weight excluding hydrogens is 196 g/mol. The highest BCUT2D eigenvalue weighted by molar-refractivity contribution is 5.72. The smallest absolute Gasteiger partial charge is 0.145 e. The number of carbonyl (C=O) groups excluding carboxylic acids is 1. The number of ether oxygens (including phenoxy) is 1. The standard InChI is InChI=1S/C11H18O4/c1-7(6-12)5-10(3)9(13)11(4,14)8(2)15-10/h5-6,8-9,13-14H,1-4H3/t8-,9+,10+,11+/m0/s1. The molecule has 0 aromatic rings. The van der Waals surface area contributed by atoms with Crippen LogP contribution in [0.25, 0.3) is 0 Å². The molecule has 4 heteroatoms. The van der Waals surface area contributed by atoms with Gasteiger partial charge in [-0.15, -0.1) is 0 Å². The van der Waals surface area contributed by atoms with Crippen molar-refractivity contribution in [2.75, 3.05) is 0 Å². The molecule has 1 rings (SSSR count). The van der Waals surface area contributed by atoms with Crippen LogP contribution in [-0.2, 0) is 9.53 Å². The molecule has 0 saturated carbocycles. The number of hydrogen-bond donors (Lipinski definition) is 2. The maximum absolute atomic E-state index is 10.5. The van der Waals surface area contributed by atoms with Gasteiger partial charge in [-0.1, -0.05) is 0 Å². The van der Waals surface area contributed by atoms with E-state index in [1.165, 1.54) is 6.92 Å². The number of aldehydes is 1. The van der Waals surface area contributed by atoms with Crippen LogP contribution in [0.2, 0.25) is 0 Å². The number of carbonyl (C=O) groups is 1. The van der Waals surface area contributed by atoms with Crippen LogP contribution in [-0.4, -0.2) is 39.9 Å². The van der Waals surface area contributed by atoms with E-state index in [9.17, 15) is 15.0 Å². The minimum Gasteiger partial charge on any atom is -0.387 e. The van der Waals surface area contributed by atoms with Crippen LogP contribution in [0.15, 0.2) is 11.6 Å². The predicted octanol–water partition coefficient (Wildman–Crippen LogP) is 0.421. The molecule has 86 valence electrons. The topological polar surface area (TPSA) is 66.8 Å². The molecular formula is C11H18O4. The van der Waals surface area contributed by atoms with Gasteiger partial charge in [0.2, 0.25) is 0 Å². The van der Waals surface area contributed by atoms with Gasteiger partial charge in [0.1, 0.15) is 23.6 Å². The lowest BCUT2D eigenvalue weighted by molar-refractivity contribution is -0.105. The third-order valence-corrected chi connectivity index (χ3v) is 3.05. The fourth-order valence-electron chi connectivity index (χ4n) is 1.97. The largest absolute Gasteiger partial charge is 0.387 e. The van der Waals surface area contributed by atoms with Crippen molar-refractivity contribution < 1.29 is 19.7 Å². The van der Waals surface area contributed by atoms with Crippen molar-refractivity contribution in [2.45, 2.75) is 51.1 Å². The first-order chi connectivity index (χ1) is 6.74. The summed E-state index contributed by atoms with van der Waals surface area (Å²) in [6, 6.07) is 0. The van der Waals surface area contributed by atoms with Gasteiger partial charge < -0.3 is 14.9 Å². The number of rotatable bonds is 2. The van der Waals surface area contributed by atoms with Crippen LogP contribution in [0.1, 0.15) is 27.7 Å². The molecule has 0 amide bonds. The van der Waals surface area contributed by atoms with Gasteiger partial charge in [0.25, 0.3) is 0 Å². The first-order valence-electron chi connectivity index (χ1n) is 4.97. The monoisotopic (exact) mass is 214 g/mol. The second-order valence-electron chi connectivity index (χ2n) is 4.58. The summed E-state index contributed by atoms with van der Waals surface area (Å²) in [5.74, 6) is 0. The van der Waals surface area contributed by atoms with Crippen molar-refractivity contribution in [3.63, 3.8) is 0 Å². The molecule has 0 unspecified atom stereocenters. The average molecular weight is 214 g/mol. The molecule has 0 spiro atoms. The Morgan fingerprint density at radius 1 is 1.47 bits per heavy atom. The van der Waals surface area contributed by atoms with E-state index >= 15 is 0 Å². The average Bonchev–Trinajstić information content (AvgIpc) is 2.28. The lowest BCUT2D eigenvalue weighted by atomic mass is 9.86. The first kappa shape index (κ1) is 12.4. The van der Waals surface area contributed by atoms with Gasteiger partial charge in [-0.3, -0.25) is 4.79 Å². The van der Waals surface area contributed by atoms with Crippen LogP contribution in [0.5, 0.6) is 0 Å². The second-order valence-corrected chi connectivity index (χ2v) is 4.58. The molecule has 4 nitrogen and oxygen atoms in total. The molecule has 15 heavy (non-hydrogen) atoms. The molecule has 2 N–H and O–H groups in total. The number of aliphatic hydroxyl groups is 2. The minimum absolute atomic E-state index is 0.474. The Labute approximate surface area is 89.6 Å². The molecule has 1 aliphatic heterocycles. The SMILES string of the molecule is CC(C=O)=C[C@@]1(C)O[C@@H](C)[C@@](C)(O)[C@@H]1O. The lowest BCUT2D eigenvalue weighted by Gasteiger charge is -2.28. The Morgan fingerprint density at radius 3 is 2.33 bits per heavy atom. The zero-order valence-corrected chi connectivity index (χ0v) is 9.52. The van der Waals surface area contributed by atoms with Crippen LogP contribution in [0.3, 0.4) is 0 Å². The Kier molecular flexibility index (Phi) is 3.05. The van der Waals surface area contributed by atoms with E-state index in [2.05, 4.69) is 0 Å². The Balaban J connectivity index is 3.03. The Morgan fingerprint density at radius 2 is 2.00 bits per heavy atom. The second kappa shape index (κ2) is 3.70. The zero-order valence-electron chi connectivity index (χ0n) is 9.52. The van der Waals surface area contributed by atoms with Crippen molar-refractivity contribution in [3.05, 3.63) is 11.6 Å². The van der Waals surface area contributed by atoms with E-state index in [0.29, 0.717) is 11.9 Å². The summed E-state index contributed by atoms with van der Waals surface area (Å²) in [6.45, 7) is 6.50. The molecule has 0 aromatic heterocycles. The minimum atomic E-state index is -1.30. The fraction of sp³-hybridized carbons (Fsp3) is 0.727. The van der Waals surface area contributed by atoms with Gasteiger partial charge >= 0.3 is 0 Å². The van der Waals surface area contributed by atoms with E-state index in [4.69, 9.17) is 4.74 Å². The van der Waals surface area contributed by atoms with Gasteiger partial charge in [-0.25, -0.2) is 0 Å². The summed E-state index contributed by atoms with van der Waals surface area (Å²) in [5.41, 5.74) is -1.83. The van der Waals surface area contributed by atoms with Crippen LogP contribution < -0.4 is 0 Å². The van der Waals surface area contributed by atoms with E-state index in [-0.39, 0.29) is 0 Å². The third kappa shape index (κ3) is 1.97. The fourth-order valence-corrected chi connectivity index (χ4v) is 1.97. The third-order valence-electron chi connectivity index (χ3n) is 3.05. The molecule has 1 heterocycles. The summed E-state index contributed by atoms with van der Waals surface area (Å²) in [4.78, 5) is 10.5. The number of hydrogen-bond acceptors (Lipinski definition) is 4. The molecule has 0 aliphatic carbocycles. The van der Waals surface area contributed by atoms with E-state index in [1.54, 1.807) is 26.8 Å². The van der Waals surface area contributed by atoms with Gasteiger partial charge in [0.05, 0.1) is 6.10 Å². The van der Waals surface area contributed by atoms with Crippen molar-refractivity contribution in [1.82, 2.24) is 0 Å². The Hall–Kier alpha value is -0.710. The molecule has 0 radical (unpaired) electrons. The molecule has 1 aliphatic rings. The summed E-state index contributed by atoms with van der Waals surface area (Å²) in [5, 5.41) is 19.9. The lowest BCUT2D eigenvalue weighted by Crippen LogP contribution is -2.47. The predicted molar refractivity (Wildman–Crippen MR) is 55.4 cm³/mol. The maximum atomic E-state index is 10.5. The maximum Gasteiger partial charge on any atom is 0.145 e. The van der Waals surface area contributed by atoms with Crippen molar-refractivity contribution in [3.8, 4) is 0 Å². The molecule has 0 aromatic carbocycles. The highest BCUT2D eigenvalue weighted by atomic mass is 16.6. The summed E-state index contributed by atoms with van der Waals surface area (Å²) < 4.78 is 5.51. The highest BCUT2D eigenvalue weighted by Crippen LogP contribution is 2.39.